The zero-order valence-electron chi connectivity index (χ0n) is 17.6. The molecule has 6 heteroatoms. The Bertz CT molecular complexity index is 1200. The second kappa shape index (κ2) is 8.37. The molecule has 31 heavy (non-hydrogen) atoms. The smallest absolute Gasteiger partial charge is 0.321 e. The lowest BCUT2D eigenvalue weighted by Gasteiger charge is -2.31. The summed E-state index contributed by atoms with van der Waals surface area (Å²) in [6.07, 6.45) is 14.4. The highest BCUT2D eigenvalue weighted by Gasteiger charge is 2.29. The van der Waals surface area contributed by atoms with Gasteiger partial charge in [-0.3, -0.25) is 0 Å². The van der Waals surface area contributed by atoms with Gasteiger partial charge in [0, 0.05) is 35.9 Å². The van der Waals surface area contributed by atoms with Crippen molar-refractivity contribution in [1.82, 2.24) is 19.9 Å². The number of hydrogen-bond acceptors (Lipinski definition) is 5. The molecule has 1 fully saturated rings. The summed E-state index contributed by atoms with van der Waals surface area (Å²) in [6.45, 7) is 3.06. The van der Waals surface area contributed by atoms with Gasteiger partial charge in [-0.15, -0.1) is 0 Å². The number of likely N-dealkylation sites (N-methyl/N-ethyl adjacent to an activating group) is 1. The summed E-state index contributed by atoms with van der Waals surface area (Å²) in [4.78, 5) is 8.31. The van der Waals surface area contributed by atoms with E-state index in [9.17, 15) is 5.26 Å². The Morgan fingerprint density at radius 2 is 2.10 bits per heavy atom. The number of rotatable bonds is 6. The minimum absolute atomic E-state index is 0.316. The lowest BCUT2D eigenvalue weighted by Crippen LogP contribution is -2.27. The van der Waals surface area contributed by atoms with Crippen LogP contribution in [0.3, 0.4) is 0 Å². The lowest BCUT2D eigenvalue weighted by molar-refractivity contribution is 0.319. The standard InChI is InChI=1S/C25H25N5O/c1-2-27-18-9-7-17(8-10-18)24-22(16-26)21-12-11-20(31-25-28-13-4-14-29-25)15-23(21)30(24)19-5-3-6-19/h4,7-9,11-15,18-19,27H,2-3,5-6,10H2,1H3. The van der Waals surface area contributed by atoms with Crippen molar-refractivity contribution < 1.29 is 4.74 Å². The van der Waals surface area contributed by atoms with Crippen LogP contribution in [0.1, 0.15) is 49.9 Å². The van der Waals surface area contributed by atoms with Gasteiger partial charge in [-0.1, -0.05) is 25.2 Å². The molecule has 6 nitrogen and oxygen atoms in total. The van der Waals surface area contributed by atoms with Gasteiger partial charge < -0.3 is 14.6 Å². The number of aromatic nitrogens is 3. The zero-order chi connectivity index (χ0) is 21.2. The van der Waals surface area contributed by atoms with E-state index < -0.39 is 0 Å². The second-order valence-corrected chi connectivity index (χ2v) is 8.02. The lowest BCUT2D eigenvalue weighted by atomic mass is 9.91. The molecular formula is C25H25N5O. The fraction of sp³-hybridized carbons (Fsp3) is 0.320. The molecular weight excluding hydrogens is 386 g/mol. The number of allylic oxidation sites excluding steroid dienone is 2. The van der Waals surface area contributed by atoms with E-state index in [0.29, 0.717) is 23.8 Å². The van der Waals surface area contributed by atoms with Gasteiger partial charge in [-0.25, -0.2) is 9.97 Å². The predicted octanol–water partition coefficient (Wildman–Crippen LogP) is 5.14. The van der Waals surface area contributed by atoms with Crippen molar-refractivity contribution in [2.24, 2.45) is 0 Å². The Morgan fingerprint density at radius 3 is 2.74 bits per heavy atom. The van der Waals surface area contributed by atoms with E-state index in [-0.39, 0.29) is 0 Å². The summed E-state index contributed by atoms with van der Waals surface area (Å²) in [5.74, 6) is 0.674. The van der Waals surface area contributed by atoms with Crippen molar-refractivity contribution in [1.29, 1.82) is 5.26 Å². The average Bonchev–Trinajstić information content (AvgIpc) is 3.07. The van der Waals surface area contributed by atoms with Gasteiger partial charge in [0.05, 0.1) is 16.8 Å². The monoisotopic (exact) mass is 411 g/mol. The van der Waals surface area contributed by atoms with Crippen LogP contribution in [-0.2, 0) is 0 Å². The van der Waals surface area contributed by atoms with Crippen molar-refractivity contribution in [3.8, 4) is 17.8 Å². The third kappa shape index (κ3) is 3.62. The number of fused-ring (bicyclic) bond motifs is 1. The fourth-order valence-electron chi connectivity index (χ4n) is 4.43. The molecule has 2 aliphatic rings. The molecule has 2 heterocycles. The van der Waals surface area contributed by atoms with Crippen LogP contribution < -0.4 is 10.1 Å². The molecule has 1 atom stereocenters. The van der Waals surface area contributed by atoms with Crippen LogP contribution in [0.25, 0.3) is 16.5 Å². The maximum atomic E-state index is 10.1. The van der Waals surface area contributed by atoms with Crippen LogP contribution in [0.15, 0.2) is 54.9 Å². The Kier molecular flexibility index (Phi) is 5.27. The Labute approximate surface area is 181 Å². The Morgan fingerprint density at radius 1 is 1.26 bits per heavy atom. The molecule has 2 aliphatic carbocycles. The Hall–Kier alpha value is -3.43. The van der Waals surface area contributed by atoms with E-state index in [1.54, 1.807) is 18.5 Å². The number of nitriles is 1. The fourth-order valence-corrected chi connectivity index (χ4v) is 4.43. The van der Waals surface area contributed by atoms with Crippen LogP contribution in [0.4, 0.5) is 0 Å². The maximum absolute atomic E-state index is 10.1. The summed E-state index contributed by atoms with van der Waals surface area (Å²) in [6, 6.07) is 11.2. The first-order chi connectivity index (χ1) is 15.3. The Balaban J connectivity index is 1.61. The van der Waals surface area contributed by atoms with Gasteiger partial charge in [0.15, 0.2) is 0 Å². The van der Waals surface area contributed by atoms with E-state index >= 15 is 0 Å². The summed E-state index contributed by atoms with van der Waals surface area (Å²) in [7, 11) is 0. The van der Waals surface area contributed by atoms with Gasteiger partial charge >= 0.3 is 6.01 Å². The van der Waals surface area contributed by atoms with E-state index in [2.05, 4.69) is 51.1 Å². The highest BCUT2D eigenvalue weighted by molar-refractivity contribution is 5.95. The van der Waals surface area contributed by atoms with Crippen LogP contribution in [0.2, 0.25) is 0 Å². The highest BCUT2D eigenvalue weighted by Crippen LogP contribution is 2.42. The van der Waals surface area contributed by atoms with Gasteiger partial charge in [-0.05, 0) is 56.0 Å². The average molecular weight is 412 g/mol. The first-order valence-electron chi connectivity index (χ1n) is 10.9. The van der Waals surface area contributed by atoms with Gasteiger partial charge in [0.2, 0.25) is 0 Å². The molecule has 0 spiro atoms. The third-order valence-electron chi connectivity index (χ3n) is 6.12. The predicted molar refractivity (Wildman–Crippen MR) is 121 cm³/mol. The minimum Gasteiger partial charge on any atom is -0.424 e. The first-order valence-corrected chi connectivity index (χ1v) is 10.9. The molecule has 5 rings (SSSR count). The molecule has 3 aromatic rings. The summed E-state index contributed by atoms with van der Waals surface area (Å²) < 4.78 is 8.25. The van der Waals surface area contributed by atoms with Crippen molar-refractivity contribution in [3.05, 3.63) is 66.1 Å². The number of hydrogen-bond donors (Lipinski definition) is 1. The molecule has 0 saturated heterocycles. The maximum Gasteiger partial charge on any atom is 0.321 e. The van der Waals surface area contributed by atoms with Crippen LogP contribution in [-0.4, -0.2) is 27.1 Å². The SMILES string of the molecule is CCNC1C=CC(c2c(C#N)c3ccc(Oc4ncccn4)cc3n2C2CCC2)=CC1. The van der Waals surface area contributed by atoms with E-state index in [4.69, 9.17) is 4.74 Å². The van der Waals surface area contributed by atoms with E-state index in [1.807, 2.05) is 18.2 Å². The van der Waals surface area contributed by atoms with Crippen molar-refractivity contribution in [3.63, 3.8) is 0 Å². The zero-order valence-corrected chi connectivity index (χ0v) is 17.6. The molecule has 0 amide bonds. The molecule has 1 N–H and O–H groups in total. The van der Waals surface area contributed by atoms with Gasteiger partial charge in [0.25, 0.3) is 0 Å². The van der Waals surface area contributed by atoms with E-state index in [1.165, 1.54) is 6.42 Å². The first kappa shape index (κ1) is 19.5. The van der Waals surface area contributed by atoms with Crippen molar-refractivity contribution in [2.75, 3.05) is 6.54 Å². The summed E-state index contributed by atoms with van der Waals surface area (Å²) in [5, 5.41) is 14.5. The topological polar surface area (TPSA) is 75.8 Å². The number of nitrogens with one attached hydrogen (secondary N) is 1. The number of ether oxygens (including phenoxy) is 1. The quantitative estimate of drug-likeness (QED) is 0.608. The molecule has 2 aromatic heterocycles. The number of benzene rings is 1. The molecule has 156 valence electrons. The molecule has 1 saturated carbocycles. The summed E-state index contributed by atoms with van der Waals surface area (Å²) in [5.41, 5.74) is 3.93. The molecule has 1 aromatic carbocycles. The highest BCUT2D eigenvalue weighted by atomic mass is 16.5. The molecule has 1 unspecified atom stereocenters. The van der Waals surface area contributed by atoms with Crippen LogP contribution in [0.5, 0.6) is 11.8 Å². The number of nitrogens with zero attached hydrogens (tertiary/aromatic N) is 4. The van der Waals surface area contributed by atoms with Gasteiger partial charge in [-0.2, -0.15) is 5.26 Å². The van der Waals surface area contributed by atoms with Crippen molar-refractivity contribution >= 4 is 16.5 Å². The van der Waals surface area contributed by atoms with Crippen LogP contribution in [0, 0.1) is 11.3 Å². The largest absolute Gasteiger partial charge is 0.424 e. The van der Waals surface area contributed by atoms with E-state index in [0.717, 1.165) is 53.5 Å². The molecule has 0 aliphatic heterocycles. The minimum atomic E-state index is 0.316. The molecule has 0 bridgehead atoms. The van der Waals surface area contributed by atoms with Gasteiger partial charge in [0.1, 0.15) is 11.8 Å². The second-order valence-electron chi connectivity index (χ2n) is 8.02. The summed E-state index contributed by atoms with van der Waals surface area (Å²) >= 11 is 0. The third-order valence-corrected chi connectivity index (χ3v) is 6.12. The van der Waals surface area contributed by atoms with Crippen LogP contribution >= 0.6 is 0 Å². The molecule has 0 radical (unpaired) electrons. The normalized spacial score (nSPS) is 18.5. The van der Waals surface area contributed by atoms with Crippen molar-refractivity contribution in [2.45, 2.75) is 44.7 Å².